The SMILES string of the molecule is CO/N=C/c1c(N)ncnc1N1CCC(NC(=O)Nc2ccc(OC3CCCC3)nc2)CC1. The van der Waals surface area contributed by atoms with Gasteiger partial charge in [-0.1, -0.05) is 5.16 Å². The van der Waals surface area contributed by atoms with Crippen LogP contribution in [0.3, 0.4) is 0 Å². The summed E-state index contributed by atoms with van der Waals surface area (Å²) in [6.07, 6.45) is 10.9. The second kappa shape index (κ2) is 10.8. The van der Waals surface area contributed by atoms with Crippen LogP contribution >= 0.6 is 0 Å². The number of anilines is 3. The van der Waals surface area contributed by atoms with Crippen LogP contribution in [0.1, 0.15) is 44.1 Å². The lowest BCUT2D eigenvalue weighted by atomic mass is 10.0. The number of piperidine rings is 1. The van der Waals surface area contributed by atoms with Gasteiger partial charge in [0.15, 0.2) is 0 Å². The number of nitrogens with one attached hydrogen (secondary N) is 2. The number of amides is 2. The summed E-state index contributed by atoms with van der Waals surface area (Å²) in [5.41, 5.74) is 7.23. The number of hydrogen-bond acceptors (Lipinski definition) is 9. The van der Waals surface area contributed by atoms with Crippen molar-refractivity contribution >= 4 is 29.6 Å². The van der Waals surface area contributed by atoms with Gasteiger partial charge in [-0.15, -0.1) is 0 Å². The van der Waals surface area contributed by atoms with E-state index in [0.717, 1.165) is 25.7 Å². The van der Waals surface area contributed by atoms with E-state index in [1.807, 2.05) is 6.07 Å². The van der Waals surface area contributed by atoms with Crippen LogP contribution in [0.4, 0.5) is 22.1 Å². The number of nitrogens with zero attached hydrogens (tertiary/aromatic N) is 5. The van der Waals surface area contributed by atoms with E-state index in [2.05, 4.69) is 35.6 Å². The predicted octanol–water partition coefficient (Wildman–Crippen LogP) is 2.55. The molecule has 4 rings (SSSR count). The van der Waals surface area contributed by atoms with Crippen molar-refractivity contribution in [3.8, 4) is 5.88 Å². The van der Waals surface area contributed by atoms with Crippen LogP contribution in [0.25, 0.3) is 0 Å². The summed E-state index contributed by atoms with van der Waals surface area (Å²) < 4.78 is 5.86. The molecule has 1 aliphatic heterocycles. The van der Waals surface area contributed by atoms with Gasteiger partial charge in [-0.05, 0) is 44.6 Å². The number of hydrogen-bond donors (Lipinski definition) is 3. The molecule has 0 radical (unpaired) electrons. The van der Waals surface area contributed by atoms with Crippen molar-refractivity contribution in [1.29, 1.82) is 0 Å². The zero-order valence-corrected chi connectivity index (χ0v) is 18.7. The van der Waals surface area contributed by atoms with E-state index in [1.54, 1.807) is 12.3 Å². The first-order chi connectivity index (χ1) is 16.1. The van der Waals surface area contributed by atoms with Gasteiger partial charge < -0.3 is 30.8 Å². The Kier molecular flexibility index (Phi) is 7.38. The highest BCUT2D eigenvalue weighted by Crippen LogP contribution is 2.25. The van der Waals surface area contributed by atoms with Crippen molar-refractivity contribution in [2.45, 2.75) is 50.7 Å². The van der Waals surface area contributed by atoms with Gasteiger partial charge in [0.25, 0.3) is 0 Å². The zero-order chi connectivity index (χ0) is 23.0. The van der Waals surface area contributed by atoms with Crippen LogP contribution in [0.5, 0.6) is 5.88 Å². The minimum absolute atomic E-state index is 0.0504. The standard InChI is InChI=1S/C22H30N8O3/c1-32-27-13-18-20(23)25-14-26-21(18)30-10-8-15(9-11-30)28-22(31)29-16-6-7-19(24-12-16)33-17-4-2-3-5-17/h6-7,12-15,17H,2-5,8-11H2,1H3,(H2,23,25,26)(H2,28,29,31)/b27-13+. The Hall–Kier alpha value is -3.63. The van der Waals surface area contributed by atoms with Crippen molar-refractivity contribution in [3.63, 3.8) is 0 Å². The van der Waals surface area contributed by atoms with E-state index < -0.39 is 0 Å². The summed E-state index contributed by atoms with van der Waals surface area (Å²) in [6, 6.07) is 3.40. The molecule has 1 saturated carbocycles. The monoisotopic (exact) mass is 454 g/mol. The Labute approximate surface area is 192 Å². The molecule has 4 N–H and O–H groups in total. The third-order valence-corrected chi connectivity index (χ3v) is 5.89. The van der Waals surface area contributed by atoms with Gasteiger partial charge in [0.2, 0.25) is 5.88 Å². The predicted molar refractivity (Wildman–Crippen MR) is 126 cm³/mol. The molecule has 3 heterocycles. The Bertz CT molecular complexity index is 955. The van der Waals surface area contributed by atoms with Crippen LogP contribution in [-0.4, -0.2) is 59.5 Å². The summed E-state index contributed by atoms with van der Waals surface area (Å²) >= 11 is 0. The molecular formula is C22H30N8O3. The lowest BCUT2D eigenvalue weighted by molar-refractivity contribution is 0.201. The summed E-state index contributed by atoms with van der Waals surface area (Å²) in [4.78, 5) is 32.0. The number of pyridine rings is 1. The van der Waals surface area contributed by atoms with E-state index in [9.17, 15) is 4.79 Å². The maximum absolute atomic E-state index is 12.4. The van der Waals surface area contributed by atoms with Crippen molar-refractivity contribution in [3.05, 3.63) is 30.2 Å². The number of carbonyl (C=O) groups excluding carboxylic acids is 1. The fourth-order valence-corrected chi connectivity index (χ4v) is 4.17. The summed E-state index contributed by atoms with van der Waals surface area (Å²) in [5, 5.41) is 9.67. The summed E-state index contributed by atoms with van der Waals surface area (Å²) in [5.74, 6) is 1.64. The van der Waals surface area contributed by atoms with Crippen molar-refractivity contribution in [2.24, 2.45) is 5.16 Å². The van der Waals surface area contributed by atoms with E-state index >= 15 is 0 Å². The maximum Gasteiger partial charge on any atom is 0.319 e. The molecule has 0 unspecified atom stereocenters. The molecule has 2 aliphatic rings. The maximum atomic E-state index is 12.4. The van der Waals surface area contributed by atoms with Gasteiger partial charge in [-0.2, -0.15) is 0 Å². The molecule has 0 spiro atoms. The number of oxime groups is 1. The number of nitrogen functional groups attached to an aromatic ring is 1. The molecule has 0 bridgehead atoms. The normalized spacial score (nSPS) is 17.3. The van der Waals surface area contributed by atoms with Crippen molar-refractivity contribution in [1.82, 2.24) is 20.3 Å². The molecular weight excluding hydrogens is 424 g/mol. The second-order valence-electron chi connectivity index (χ2n) is 8.18. The largest absolute Gasteiger partial charge is 0.474 e. The Morgan fingerprint density at radius 3 is 2.67 bits per heavy atom. The van der Waals surface area contributed by atoms with Gasteiger partial charge in [-0.3, -0.25) is 0 Å². The highest BCUT2D eigenvalue weighted by Gasteiger charge is 2.24. The van der Waals surface area contributed by atoms with Crippen molar-refractivity contribution < 1.29 is 14.4 Å². The van der Waals surface area contributed by atoms with Crippen LogP contribution in [-0.2, 0) is 4.84 Å². The molecule has 1 saturated heterocycles. The number of urea groups is 1. The fourth-order valence-electron chi connectivity index (χ4n) is 4.17. The highest BCUT2D eigenvalue weighted by molar-refractivity contribution is 5.92. The fraction of sp³-hybridized carbons (Fsp3) is 0.500. The number of rotatable bonds is 7. The molecule has 2 aromatic rings. The average molecular weight is 455 g/mol. The van der Waals surface area contributed by atoms with Crippen LogP contribution < -0.4 is 26.0 Å². The number of ether oxygens (including phenoxy) is 1. The topological polar surface area (TPSA) is 140 Å². The molecule has 176 valence electrons. The van der Waals surface area contributed by atoms with E-state index in [1.165, 1.54) is 32.5 Å². The number of carbonyl (C=O) groups is 1. The zero-order valence-electron chi connectivity index (χ0n) is 18.7. The lowest BCUT2D eigenvalue weighted by Crippen LogP contribution is -2.46. The van der Waals surface area contributed by atoms with Gasteiger partial charge >= 0.3 is 6.03 Å². The van der Waals surface area contributed by atoms with Crippen LogP contribution in [0.15, 0.2) is 29.8 Å². The highest BCUT2D eigenvalue weighted by atomic mass is 16.6. The van der Waals surface area contributed by atoms with Gasteiger partial charge in [0, 0.05) is 25.2 Å². The first kappa shape index (κ1) is 22.6. The molecule has 11 heteroatoms. The van der Waals surface area contributed by atoms with Crippen LogP contribution in [0, 0.1) is 0 Å². The van der Waals surface area contributed by atoms with Gasteiger partial charge in [0.1, 0.15) is 31.2 Å². The van der Waals surface area contributed by atoms with E-state index in [0.29, 0.717) is 41.9 Å². The smallest absolute Gasteiger partial charge is 0.319 e. The molecule has 11 nitrogen and oxygen atoms in total. The molecule has 1 aliphatic carbocycles. The molecule has 33 heavy (non-hydrogen) atoms. The average Bonchev–Trinajstić information content (AvgIpc) is 3.33. The summed E-state index contributed by atoms with van der Waals surface area (Å²) in [7, 11) is 1.47. The molecule has 0 atom stereocenters. The molecule has 0 aromatic carbocycles. The van der Waals surface area contributed by atoms with E-state index in [4.69, 9.17) is 15.3 Å². The third kappa shape index (κ3) is 5.99. The first-order valence-electron chi connectivity index (χ1n) is 11.2. The van der Waals surface area contributed by atoms with Gasteiger partial charge in [-0.25, -0.2) is 19.7 Å². The number of nitrogens with two attached hydrogens (primary N) is 1. The third-order valence-electron chi connectivity index (χ3n) is 5.89. The van der Waals surface area contributed by atoms with Crippen LogP contribution in [0.2, 0.25) is 0 Å². The number of aromatic nitrogens is 3. The van der Waals surface area contributed by atoms with Crippen molar-refractivity contribution in [2.75, 3.05) is 36.1 Å². The Balaban J connectivity index is 1.26. The van der Waals surface area contributed by atoms with Gasteiger partial charge in [0.05, 0.1) is 23.7 Å². The Morgan fingerprint density at radius 2 is 1.97 bits per heavy atom. The quantitative estimate of drug-likeness (QED) is 0.428. The molecule has 2 fully saturated rings. The Morgan fingerprint density at radius 1 is 1.18 bits per heavy atom. The lowest BCUT2D eigenvalue weighted by Gasteiger charge is -2.33. The first-order valence-corrected chi connectivity index (χ1v) is 11.2. The second-order valence-corrected chi connectivity index (χ2v) is 8.18. The minimum atomic E-state index is -0.251. The summed E-state index contributed by atoms with van der Waals surface area (Å²) in [6.45, 7) is 1.42. The minimum Gasteiger partial charge on any atom is -0.474 e. The molecule has 2 aromatic heterocycles. The van der Waals surface area contributed by atoms with E-state index in [-0.39, 0.29) is 18.2 Å². The molecule has 2 amide bonds.